The SMILES string of the molecule is COC(=O)CC(=O)O.[Cl-]. The van der Waals surface area contributed by atoms with Crippen molar-refractivity contribution in [3.8, 4) is 0 Å². The molecular formula is C4H6ClO4-. The Morgan fingerprint density at radius 3 is 2.11 bits per heavy atom. The summed E-state index contributed by atoms with van der Waals surface area (Å²) >= 11 is 0. The molecule has 4 nitrogen and oxygen atoms in total. The summed E-state index contributed by atoms with van der Waals surface area (Å²) in [7, 11) is 1.14. The smallest absolute Gasteiger partial charge is 0.316 e. The van der Waals surface area contributed by atoms with E-state index in [1.807, 2.05) is 0 Å². The molecule has 0 aliphatic carbocycles. The number of rotatable bonds is 2. The quantitative estimate of drug-likeness (QED) is 0.333. The fourth-order valence-corrected chi connectivity index (χ4v) is 0.196. The van der Waals surface area contributed by atoms with Crippen molar-refractivity contribution in [3.63, 3.8) is 0 Å². The summed E-state index contributed by atoms with van der Waals surface area (Å²) in [6.07, 6.45) is -0.559. The van der Waals surface area contributed by atoms with Gasteiger partial charge in [-0.15, -0.1) is 0 Å². The molecule has 0 aromatic carbocycles. The predicted octanol–water partition coefficient (Wildman–Crippen LogP) is -3.36. The Kier molecular flexibility index (Phi) is 6.61. The second-order valence-electron chi connectivity index (χ2n) is 1.15. The lowest BCUT2D eigenvalue weighted by atomic mass is 10.4. The number of carbonyl (C=O) groups is 2. The molecule has 0 aliphatic heterocycles. The van der Waals surface area contributed by atoms with E-state index in [1.54, 1.807) is 0 Å². The van der Waals surface area contributed by atoms with Crippen LogP contribution in [-0.2, 0) is 14.3 Å². The monoisotopic (exact) mass is 153 g/mol. The molecule has 0 unspecified atom stereocenters. The van der Waals surface area contributed by atoms with Gasteiger partial charge in [-0.3, -0.25) is 9.59 Å². The van der Waals surface area contributed by atoms with Crippen molar-refractivity contribution in [1.29, 1.82) is 0 Å². The molecule has 0 aromatic rings. The first-order valence-corrected chi connectivity index (χ1v) is 1.95. The Balaban J connectivity index is 0. The van der Waals surface area contributed by atoms with Gasteiger partial charge in [0.1, 0.15) is 6.42 Å². The molecule has 0 spiro atoms. The number of methoxy groups -OCH3 is 1. The molecule has 0 saturated carbocycles. The Morgan fingerprint density at radius 1 is 1.56 bits per heavy atom. The van der Waals surface area contributed by atoms with Crippen molar-refractivity contribution < 1.29 is 31.8 Å². The summed E-state index contributed by atoms with van der Waals surface area (Å²) < 4.78 is 4.04. The summed E-state index contributed by atoms with van der Waals surface area (Å²) in [6.45, 7) is 0. The molecule has 0 bridgehead atoms. The zero-order chi connectivity index (χ0) is 6.57. The van der Waals surface area contributed by atoms with E-state index < -0.39 is 18.4 Å². The average Bonchev–Trinajstić information content (AvgIpc) is 1.65. The van der Waals surface area contributed by atoms with Gasteiger partial charge in [0.2, 0.25) is 0 Å². The van der Waals surface area contributed by atoms with E-state index in [-0.39, 0.29) is 12.4 Å². The Bertz CT molecular complexity index is 111. The van der Waals surface area contributed by atoms with E-state index in [9.17, 15) is 9.59 Å². The molecule has 0 radical (unpaired) electrons. The van der Waals surface area contributed by atoms with Crippen LogP contribution in [0, 0.1) is 0 Å². The number of aliphatic carboxylic acids is 1. The van der Waals surface area contributed by atoms with Crippen molar-refractivity contribution in [2.75, 3.05) is 7.11 Å². The molecule has 1 N–H and O–H groups in total. The number of hydrogen-bond acceptors (Lipinski definition) is 3. The summed E-state index contributed by atoms with van der Waals surface area (Å²) in [4.78, 5) is 19.7. The summed E-state index contributed by atoms with van der Waals surface area (Å²) in [5.74, 6) is -1.89. The maximum atomic E-state index is 10.0. The topological polar surface area (TPSA) is 63.6 Å². The highest BCUT2D eigenvalue weighted by Crippen LogP contribution is 1.80. The van der Waals surface area contributed by atoms with Gasteiger partial charge in [-0.1, -0.05) is 0 Å². The van der Waals surface area contributed by atoms with E-state index >= 15 is 0 Å². The lowest BCUT2D eigenvalue weighted by Gasteiger charge is -1.90. The molecule has 9 heavy (non-hydrogen) atoms. The second-order valence-corrected chi connectivity index (χ2v) is 1.15. The molecule has 5 heteroatoms. The minimum atomic E-state index is -1.17. The van der Waals surface area contributed by atoms with Crippen molar-refractivity contribution in [1.82, 2.24) is 0 Å². The molecule has 0 aromatic heterocycles. The Hall–Kier alpha value is -0.770. The zero-order valence-corrected chi connectivity index (χ0v) is 5.51. The van der Waals surface area contributed by atoms with Crippen molar-refractivity contribution in [2.24, 2.45) is 0 Å². The van der Waals surface area contributed by atoms with Crippen LogP contribution in [0.3, 0.4) is 0 Å². The van der Waals surface area contributed by atoms with Crippen LogP contribution in [-0.4, -0.2) is 24.2 Å². The van der Waals surface area contributed by atoms with Gasteiger partial charge in [0.25, 0.3) is 0 Å². The van der Waals surface area contributed by atoms with Crippen molar-refractivity contribution in [3.05, 3.63) is 0 Å². The lowest BCUT2D eigenvalue weighted by Crippen LogP contribution is -3.00. The molecule has 0 heterocycles. The molecule has 0 saturated heterocycles. The van der Waals surface area contributed by atoms with Crippen LogP contribution in [0.2, 0.25) is 0 Å². The number of ether oxygens (including phenoxy) is 1. The minimum absolute atomic E-state index is 0. The summed E-state index contributed by atoms with van der Waals surface area (Å²) in [5.41, 5.74) is 0. The second kappa shape index (κ2) is 5.37. The third kappa shape index (κ3) is 7.23. The van der Waals surface area contributed by atoms with Crippen LogP contribution in [0.15, 0.2) is 0 Å². The van der Waals surface area contributed by atoms with Crippen LogP contribution < -0.4 is 12.4 Å². The Labute approximate surface area is 58.2 Å². The fraction of sp³-hybridized carbons (Fsp3) is 0.500. The first kappa shape index (κ1) is 11.1. The first-order valence-electron chi connectivity index (χ1n) is 1.95. The summed E-state index contributed by atoms with van der Waals surface area (Å²) in [6, 6.07) is 0. The first-order chi connectivity index (χ1) is 3.66. The molecule has 0 rings (SSSR count). The third-order valence-electron chi connectivity index (χ3n) is 0.523. The maximum Gasteiger partial charge on any atom is 0.316 e. The van der Waals surface area contributed by atoms with Gasteiger partial charge in [-0.2, -0.15) is 0 Å². The average molecular weight is 154 g/mol. The number of esters is 1. The normalized spacial score (nSPS) is 7.22. The predicted molar refractivity (Wildman–Crippen MR) is 24.3 cm³/mol. The van der Waals surface area contributed by atoms with Gasteiger partial charge in [0, 0.05) is 0 Å². The standard InChI is InChI=1S/C4H6O4.ClH/c1-8-4(7)2-3(5)6;/h2H2,1H3,(H,5,6);1H/p-1. The molecular weight excluding hydrogens is 147 g/mol. The Morgan fingerprint density at radius 2 is 2.00 bits per heavy atom. The lowest BCUT2D eigenvalue weighted by molar-refractivity contribution is -0.149. The van der Waals surface area contributed by atoms with E-state index in [0.717, 1.165) is 7.11 Å². The molecule has 0 atom stereocenters. The van der Waals surface area contributed by atoms with Gasteiger partial charge in [0.15, 0.2) is 0 Å². The molecule has 0 fully saturated rings. The highest BCUT2D eigenvalue weighted by atomic mass is 35.5. The van der Waals surface area contributed by atoms with Gasteiger partial charge in [0.05, 0.1) is 7.11 Å². The molecule has 54 valence electrons. The fourth-order valence-electron chi connectivity index (χ4n) is 0.196. The number of carboxylic acids is 1. The van der Waals surface area contributed by atoms with Crippen molar-refractivity contribution >= 4 is 11.9 Å². The highest BCUT2D eigenvalue weighted by molar-refractivity contribution is 5.89. The van der Waals surface area contributed by atoms with E-state index in [1.165, 1.54) is 0 Å². The van der Waals surface area contributed by atoms with Crippen molar-refractivity contribution in [2.45, 2.75) is 6.42 Å². The number of hydrogen-bond donors (Lipinski definition) is 1. The largest absolute Gasteiger partial charge is 1.00 e. The van der Waals surface area contributed by atoms with Crippen LogP contribution in [0.5, 0.6) is 0 Å². The van der Waals surface area contributed by atoms with E-state index in [2.05, 4.69) is 4.74 Å². The molecule has 0 amide bonds. The van der Waals surface area contributed by atoms with E-state index in [0.29, 0.717) is 0 Å². The van der Waals surface area contributed by atoms with Crippen LogP contribution in [0.1, 0.15) is 6.42 Å². The summed E-state index contributed by atoms with van der Waals surface area (Å²) in [5, 5.41) is 7.91. The minimum Gasteiger partial charge on any atom is -1.00 e. The van der Waals surface area contributed by atoms with Gasteiger partial charge in [-0.25, -0.2) is 0 Å². The molecule has 0 aliphatic rings. The van der Waals surface area contributed by atoms with Crippen LogP contribution in [0.25, 0.3) is 0 Å². The van der Waals surface area contributed by atoms with Gasteiger partial charge < -0.3 is 22.3 Å². The number of carbonyl (C=O) groups excluding carboxylic acids is 1. The van der Waals surface area contributed by atoms with Crippen LogP contribution >= 0.6 is 0 Å². The van der Waals surface area contributed by atoms with E-state index in [4.69, 9.17) is 5.11 Å². The van der Waals surface area contributed by atoms with Gasteiger partial charge in [-0.05, 0) is 0 Å². The van der Waals surface area contributed by atoms with Crippen LogP contribution in [0.4, 0.5) is 0 Å². The third-order valence-corrected chi connectivity index (χ3v) is 0.523. The number of halogens is 1. The van der Waals surface area contributed by atoms with Gasteiger partial charge >= 0.3 is 11.9 Å². The maximum absolute atomic E-state index is 10.0. The number of carboxylic acid groups (broad SMARTS) is 1. The zero-order valence-electron chi connectivity index (χ0n) is 4.76. The highest BCUT2D eigenvalue weighted by Gasteiger charge is 2.04.